The fraction of sp³-hybridized carbons (Fsp3) is 0.333. The standard InChI is InChI=1S/C30H26ClN3O9/c1-12-8-14-20(25(35)30(12)26(36)21-17(39-4)10-18(40-5)23(31)24(21)43-30)19(13-6-7-15-16(9-13)42-11-41-15)22-27(32-14)33(2)29(38)34(3)28(22)37/h6-7,9-10,12,19,32H,8,11H2,1-5H3/t12-,19-,30+/m1/s1. The second-order valence-electron chi connectivity index (χ2n) is 10.9. The second kappa shape index (κ2) is 9.14. The maximum atomic E-state index is 14.9. The number of benzene rings is 2. The van der Waals surface area contributed by atoms with E-state index < -0.39 is 40.3 Å². The first-order valence-electron chi connectivity index (χ1n) is 13.5. The number of rotatable bonds is 3. The molecule has 3 atom stereocenters. The number of carbonyl (C=O) groups is 2. The van der Waals surface area contributed by atoms with Gasteiger partial charge in [0.2, 0.25) is 24.0 Å². The summed E-state index contributed by atoms with van der Waals surface area (Å²) in [5.41, 5.74) is -1.72. The number of Topliss-reactive ketones (excluding diaryl/α,β-unsaturated/α-hetero) is 2. The third kappa shape index (κ3) is 3.38. The molecule has 4 heterocycles. The van der Waals surface area contributed by atoms with Gasteiger partial charge in [0.15, 0.2) is 17.2 Å². The van der Waals surface area contributed by atoms with Crippen molar-refractivity contribution >= 4 is 29.0 Å². The Morgan fingerprint density at radius 2 is 1.70 bits per heavy atom. The average molecular weight is 608 g/mol. The van der Waals surface area contributed by atoms with Gasteiger partial charge < -0.3 is 29.0 Å². The van der Waals surface area contributed by atoms with E-state index in [1.54, 1.807) is 32.2 Å². The monoisotopic (exact) mass is 607 g/mol. The molecule has 0 unspecified atom stereocenters. The highest BCUT2D eigenvalue weighted by atomic mass is 35.5. The van der Waals surface area contributed by atoms with Crippen molar-refractivity contribution in [2.45, 2.75) is 24.9 Å². The average Bonchev–Trinajstić information content (AvgIpc) is 3.60. The van der Waals surface area contributed by atoms with Crippen LogP contribution in [0.1, 0.15) is 40.7 Å². The van der Waals surface area contributed by atoms with Gasteiger partial charge in [-0.1, -0.05) is 24.6 Å². The summed E-state index contributed by atoms with van der Waals surface area (Å²) >= 11 is 6.60. The lowest BCUT2D eigenvalue weighted by atomic mass is 9.66. The molecule has 1 aromatic heterocycles. The highest BCUT2D eigenvalue weighted by molar-refractivity contribution is 6.36. The summed E-state index contributed by atoms with van der Waals surface area (Å²) in [6, 6.07) is 6.60. The van der Waals surface area contributed by atoms with Crippen LogP contribution in [-0.4, -0.2) is 47.3 Å². The summed E-state index contributed by atoms with van der Waals surface area (Å²) in [6.07, 6.45) is 0.182. The van der Waals surface area contributed by atoms with Gasteiger partial charge in [-0.15, -0.1) is 0 Å². The highest BCUT2D eigenvalue weighted by Crippen LogP contribution is 2.56. The molecule has 13 heteroatoms. The molecule has 0 amide bonds. The number of allylic oxidation sites excluding steroid dienone is 1. The Morgan fingerprint density at radius 3 is 2.42 bits per heavy atom. The largest absolute Gasteiger partial charge is 0.496 e. The fourth-order valence-electron chi connectivity index (χ4n) is 6.61. The molecule has 1 N–H and O–H groups in total. The number of halogens is 1. The van der Waals surface area contributed by atoms with Crippen molar-refractivity contribution in [2.24, 2.45) is 20.0 Å². The normalized spacial score (nSPS) is 23.0. The lowest BCUT2D eigenvalue weighted by Gasteiger charge is -2.42. The number of nitrogens with zero attached hydrogens (tertiary/aromatic N) is 2. The van der Waals surface area contributed by atoms with E-state index in [4.69, 9.17) is 35.3 Å². The Balaban J connectivity index is 1.48. The fourth-order valence-corrected chi connectivity index (χ4v) is 6.88. The number of hydrogen-bond acceptors (Lipinski definition) is 10. The Bertz CT molecular complexity index is 1960. The number of ketones is 2. The number of fused-ring (bicyclic) bond motifs is 3. The van der Waals surface area contributed by atoms with E-state index in [2.05, 4.69) is 5.32 Å². The molecule has 3 aliphatic heterocycles. The number of hydrogen-bond donors (Lipinski definition) is 1. The first-order chi connectivity index (χ1) is 20.5. The topological polar surface area (TPSA) is 136 Å². The van der Waals surface area contributed by atoms with Crippen LogP contribution in [0.5, 0.6) is 28.7 Å². The summed E-state index contributed by atoms with van der Waals surface area (Å²) in [5, 5.41) is 3.23. The van der Waals surface area contributed by atoms with Gasteiger partial charge in [0.05, 0.1) is 19.8 Å². The quantitative estimate of drug-likeness (QED) is 0.443. The van der Waals surface area contributed by atoms with Gasteiger partial charge in [0.25, 0.3) is 5.56 Å². The van der Waals surface area contributed by atoms with Crippen LogP contribution in [0.2, 0.25) is 5.02 Å². The van der Waals surface area contributed by atoms with Gasteiger partial charge in [-0.05, 0) is 24.1 Å². The molecule has 43 heavy (non-hydrogen) atoms. The highest BCUT2D eigenvalue weighted by Gasteiger charge is 2.63. The number of aromatic nitrogens is 2. The van der Waals surface area contributed by atoms with E-state index in [0.717, 1.165) is 4.57 Å². The van der Waals surface area contributed by atoms with E-state index in [0.29, 0.717) is 22.8 Å². The second-order valence-corrected chi connectivity index (χ2v) is 11.3. The molecule has 12 nitrogen and oxygen atoms in total. The van der Waals surface area contributed by atoms with Gasteiger partial charge in [-0.3, -0.25) is 23.5 Å². The van der Waals surface area contributed by atoms with Crippen LogP contribution in [0.15, 0.2) is 45.1 Å². The van der Waals surface area contributed by atoms with Gasteiger partial charge in [0, 0.05) is 43.3 Å². The van der Waals surface area contributed by atoms with Gasteiger partial charge in [0.1, 0.15) is 27.9 Å². The molecule has 0 bridgehead atoms. The molecule has 2 aromatic carbocycles. The third-order valence-electron chi connectivity index (χ3n) is 8.81. The Hall–Kier alpha value is -4.71. The van der Waals surface area contributed by atoms with Gasteiger partial charge in [-0.25, -0.2) is 4.79 Å². The zero-order valence-electron chi connectivity index (χ0n) is 23.8. The van der Waals surface area contributed by atoms with E-state index in [-0.39, 0.29) is 58.0 Å². The van der Waals surface area contributed by atoms with Crippen LogP contribution < -0.4 is 40.3 Å². The van der Waals surface area contributed by atoms with Crippen molar-refractivity contribution in [3.05, 3.63) is 78.1 Å². The van der Waals surface area contributed by atoms with Crippen molar-refractivity contribution in [2.75, 3.05) is 26.3 Å². The van der Waals surface area contributed by atoms with Crippen LogP contribution in [0.4, 0.5) is 5.82 Å². The number of methoxy groups -OCH3 is 2. The zero-order valence-corrected chi connectivity index (χ0v) is 24.6. The van der Waals surface area contributed by atoms with Gasteiger partial charge >= 0.3 is 5.69 Å². The molecule has 0 fully saturated rings. The molecule has 7 rings (SSSR count). The smallest absolute Gasteiger partial charge is 0.332 e. The summed E-state index contributed by atoms with van der Waals surface area (Å²) in [7, 11) is 5.73. The molecule has 1 aliphatic carbocycles. The Morgan fingerprint density at radius 1 is 0.977 bits per heavy atom. The number of ether oxygens (including phenoxy) is 5. The van der Waals surface area contributed by atoms with Crippen molar-refractivity contribution in [3.8, 4) is 28.7 Å². The minimum absolute atomic E-state index is 0.00535. The van der Waals surface area contributed by atoms with Crippen molar-refractivity contribution in [1.82, 2.24) is 9.13 Å². The Labute approximate surface area is 249 Å². The number of nitrogens with one attached hydrogen (secondary N) is 1. The predicted molar refractivity (Wildman–Crippen MR) is 153 cm³/mol. The molecule has 222 valence electrons. The van der Waals surface area contributed by atoms with Crippen LogP contribution in [0, 0.1) is 5.92 Å². The molecule has 3 aromatic rings. The van der Waals surface area contributed by atoms with Crippen LogP contribution in [-0.2, 0) is 18.9 Å². The molecule has 0 saturated heterocycles. The van der Waals surface area contributed by atoms with Crippen LogP contribution in [0.25, 0.3) is 0 Å². The van der Waals surface area contributed by atoms with E-state index in [1.807, 2.05) is 0 Å². The lowest BCUT2D eigenvalue weighted by molar-refractivity contribution is -0.130. The van der Waals surface area contributed by atoms with Crippen LogP contribution in [0.3, 0.4) is 0 Å². The van der Waals surface area contributed by atoms with Crippen LogP contribution >= 0.6 is 11.6 Å². The van der Waals surface area contributed by atoms with E-state index in [1.165, 1.54) is 31.9 Å². The zero-order chi connectivity index (χ0) is 30.5. The summed E-state index contributed by atoms with van der Waals surface area (Å²) in [6.45, 7) is 1.76. The molecule has 0 radical (unpaired) electrons. The van der Waals surface area contributed by atoms with E-state index >= 15 is 0 Å². The summed E-state index contributed by atoms with van der Waals surface area (Å²) < 4.78 is 30.6. The third-order valence-corrected chi connectivity index (χ3v) is 9.16. The Kier molecular flexibility index (Phi) is 5.77. The summed E-state index contributed by atoms with van der Waals surface area (Å²) in [4.78, 5) is 56.0. The molecule has 0 saturated carbocycles. The lowest BCUT2D eigenvalue weighted by Crippen LogP contribution is -2.58. The van der Waals surface area contributed by atoms with Crippen molar-refractivity contribution < 1.29 is 33.3 Å². The molecular weight excluding hydrogens is 582 g/mol. The first-order valence-corrected chi connectivity index (χ1v) is 13.9. The number of carbonyl (C=O) groups excluding carboxylic acids is 2. The van der Waals surface area contributed by atoms with Crippen molar-refractivity contribution in [3.63, 3.8) is 0 Å². The maximum Gasteiger partial charge on any atom is 0.332 e. The minimum Gasteiger partial charge on any atom is -0.496 e. The van der Waals surface area contributed by atoms with Crippen molar-refractivity contribution in [1.29, 1.82) is 0 Å². The first kappa shape index (κ1) is 27.1. The van der Waals surface area contributed by atoms with Gasteiger partial charge in [-0.2, -0.15) is 0 Å². The molecular formula is C30H26ClN3O9. The van der Waals surface area contributed by atoms with E-state index in [9.17, 15) is 19.2 Å². The molecule has 4 aliphatic rings. The SMILES string of the molecule is COc1cc(OC)c2c(c1Cl)O[C@@]1(C(=O)C3=C(C[C@H]1C)Nc1c(c(=O)n(C)c(=O)n1C)[C@@H]3c1ccc3c(c1)OCO3)C2=O. The number of anilines is 1. The predicted octanol–water partition coefficient (Wildman–Crippen LogP) is 2.92. The molecule has 1 spiro atoms. The maximum absolute atomic E-state index is 14.9. The summed E-state index contributed by atoms with van der Waals surface area (Å²) in [5.74, 6) is -1.30. The minimum atomic E-state index is -2.00.